The summed E-state index contributed by atoms with van der Waals surface area (Å²) in [5.74, 6) is 0.0857. The summed E-state index contributed by atoms with van der Waals surface area (Å²) >= 11 is 1.56. The van der Waals surface area contributed by atoms with Crippen LogP contribution in [0.1, 0.15) is 32.8 Å². The molecule has 0 saturated heterocycles. The molecule has 0 aliphatic heterocycles. The Bertz CT molecular complexity index is 1370. The first kappa shape index (κ1) is 20.9. The Hall–Kier alpha value is -3.33. The molecule has 0 radical (unpaired) electrons. The first-order valence-electron chi connectivity index (χ1n) is 9.74. The third kappa shape index (κ3) is 3.07. The monoisotopic (exact) mass is 439 g/mol. The summed E-state index contributed by atoms with van der Waals surface area (Å²) in [4.78, 5) is 22.3. The highest BCUT2D eigenvalue weighted by atomic mass is 32.1. The molecule has 0 bridgehead atoms. The van der Waals surface area contributed by atoms with Gasteiger partial charge >= 0.3 is 0 Å². The van der Waals surface area contributed by atoms with Gasteiger partial charge in [0.15, 0.2) is 10.8 Å². The fraction of sp³-hybridized carbons (Fsp3) is 0.273. The first-order valence-corrected chi connectivity index (χ1v) is 10.6. The Balaban J connectivity index is 2.17. The number of pyridine rings is 1. The molecule has 0 atom stereocenters. The van der Waals surface area contributed by atoms with Gasteiger partial charge in [0.1, 0.15) is 0 Å². The summed E-state index contributed by atoms with van der Waals surface area (Å²) in [6.45, 7) is 11.4. The minimum absolute atomic E-state index is 0.0857. The lowest BCUT2D eigenvalue weighted by molar-refractivity contribution is -0.386. The lowest BCUT2D eigenvalue weighted by Crippen LogP contribution is -2.04. The molecule has 0 spiro atoms. The van der Waals surface area contributed by atoms with E-state index in [4.69, 9.17) is 4.98 Å². The maximum Gasteiger partial charge on any atom is 0.276 e. The van der Waals surface area contributed by atoms with Crippen LogP contribution in [-0.2, 0) is 0 Å². The molecule has 4 rings (SSSR count). The molecule has 160 valence electrons. The third-order valence-corrected chi connectivity index (χ3v) is 7.13. The molecular weight excluding hydrogens is 417 g/mol. The van der Waals surface area contributed by atoms with Crippen LogP contribution in [-0.4, -0.2) is 19.3 Å². The summed E-state index contributed by atoms with van der Waals surface area (Å²) in [6, 6.07) is 3.40. The molecule has 0 aliphatic rings. The molecule has 9 heteroatoms. The molecule has 0 amide bonds. The number of aromatic nitrogens is 3. The van der Waals surface area contributed by atoms with Crippen LogP contribution >= 0.6 is 11.3 Å². The second kappa shape index (κ2) is 7.42. The minimum atomic E-state index is -0.328. The van der Waals surface area contributed by atoms with Gasteiger partial charge in [0, 0.05) is 39.0 Å². The molecule has 0 unspecified atom stereocenters. The SMILES string of the molecule is Cc1sc2nc(-c3c(C)c(C)c(C)c([N+](=O)[O-])c3C)c(-c3ccnc(NF)c3)n2c1C. The zero-order chi connectivity index (χ0) is 22.6. The molecule has 1 aromatic carbocycles. The normalized spacial score (nSPS) is 11.3. The van der Waals surface area contributed by atoms with Crippen LogP contribution in [0.2, 0.25) is 0 Å². The maximum atomic E-state index is 13.1. The number of hydrogen-bond donors (Lipinski definition) is 1. The van der Waals surface area contributed by atoms with Gasteiger partial charge in [-0.2, -0.15) is 0 Å². The van der Waals surface area contributed by atoms with Gasteiger partial charge in [-0.1, -0.05) is 0 Å². The van der Waals surface area contributed by atoms with Gasteiger partial charge in [-0.25, -0.2) is 15.5 Å². The lowest BCUT2D eigenvalue weighted by Gasteiger charge is -2.16. The summed E-state index contributed by atoms with van der Waals surface area (Å²) in [5, 5.41) is 11.9. The Kier molecular flexibility index (Phi) is 5.01. The average Bonchev–Trinajstić information content (AvgIpc) is 3.22. The van der Waals surface area contributed by atoms with Crippen molar-refractivity contribution in [2.75, 3.05) is 5.54 Å². The van der Waals surface area contributed by atoms with Crippen molar-refractivity contribution in [3.63, 3.8) is 0 Å². The van der Waals surface area contributed by atoms with E-state index in [1.54, 1.807) is 42.9 Å². The molecule has 7 nitrogen and oxygen atoms in total. The molecule has 0 fully saturated rings. The molecular formula is C22H22FN5O2S. The number of hydrogen-bond acceptors (Lipinski definition) is 6. The third-order valence-electron chi connectivity index (χ3n) is 6.07. The van der Waals surface area contributed by atoms with E-state index in [0.717, 1.165) is 43.5 Å². The van der Waals surface area contributed by atoms with E-state index in [2.05, 4.69) is 4.98 Å². The fourth-order valence-electron chi connectivity index (χ4n) is 4.17. The number of imidazole rings is 1. The molecule has 3 aromatic heterocycles. The number of thiazole rings is 1. The second-order valence-electron chi connectivity index (χ2n) is 7.68. The van der Waals surface area contributed by atoms with Crippen molar-refractivity contribution in [1.29, 1.82) is 0 Å². The van der Waals surface area contributed by atoms with Gasteiger partial charge in [0.25, 0.3) is 5.69 Å². The van der Waals surface area contributed by atoms with E-state index >= 15 is 0 Å². The summed E-state index contributed by atoms with van der Waals surface area (Å²) in [6.07, 6.45) is 1.53. The van der Waals surface area contributed by atoms with Crippen LogP contribution in [0.5, 0.6) is 0 Å². The van der Waals surface area contributed by atoms with Gasteiger partial charge < -0.3 is 0 Å². The first-order chi connectivity index (χ1) is 14.7. The van der Waals surface area contributed by atoms with Crippen LogP contribution in [0.25, 0.3) is 27.5 Å². The quantitative estimate of drug-likeness (QED) is 0.233. The number of halogens is 1. The highest BCUT2D eigenvalue weighted by Gasteiger charge is 2.28. The van der Waals surface area contributed by atoms with Crippen LogP contribution in [0.15, 0.2) is 18.3 Å². The topological polar surface area (TPSA) is 85.4 Å². The largest absolute Gasteiger partial charge is 0.287 e. The average molecular weight is 440 g/mol. The summed E-state index contributed by atoms with van der Waals surface area (Å²) in [7, 11) is 0. The van der Waals surface area contributed by atoms with E-state index in [1.807, 2.05) is 32.1 Å². The highest BCUT2D eigenvalue weighted by Crippen LogP contribution is 2.43. The van der Waals surface area contributed by atoms with E-state index in [-0.39, 0.29) is 16.4 Å². The maximum absolute atomic E-state index is 13.1. The van der Waals surface area contributed by atoms with E-state index < -0.39 is 0 Å². The minimum Gasteiger partial charge on any atom is -0.287 e. The van der Waals surface area contributed by atoms with Crippen LogP contribution in [0.4, 0.5) is 16.0 Å². The zero-order valence-electron chi connectivity index (χ0n) is 18.1. The van der Waals surface area contributed by atoms with Crippen molar-refractivity contribution in [3.05, 3.63) is 61.3 Å². The van der Waals surface area contributed by atoms with Crippen molar-refractivity contribution in [3.8, 4) is 22.5 Å². The molecule has 0 aliphatic carbocycles. The lowest BCUT2D eigenvalue weighted by atomic mass is 9.89. The van der Waals surface area contributed by atoms with Crippen molar-refractivity contribution in [2.45, 2.75) is 41.5 Å². The Morgan fingerprint density at radius 2 is 1.81 bits per heavy atom. The predicted octanol–water partition coefficient (Wildman–Crippen LogP) is 6.18. The van der Waals surface area contributed by atoms with Crippen LogP contribution in [0, 0.1) is 51.7 Å². The van der Waals surface area contributed by atoms with Crippen molar-refractivity contribution >= 4 is 27.8 Å². The number of nitro groups is 1. The van der Waals surface area contributed by atoms with Crippen molar-refractivity contribution < 1.29 is 9.40 Å². The smallest absolute Gasteiger partial charge is 0.276 e. The molecule has 1 N–H and O–H groups in total. The zero-order valence-corrected chi connectivity index (χ0v) is 18.9. The van der Waals surface area contributed by atoms with Crippen molar-refractivity contribution in [2.24, 2.45) is 0 Å². The number of rotatable bonds is 4. The number of nitro benzene ring substituents is 1. The molecule has 4 aromatic rings. The van der Waals surface area contributed by atoms with Gasteiger partial charge in [0.05, 0.1) is 16.3 Å². The van der Waals surface area contributed by atoms with Gasteiger partial charge in [0.2, 0.25) is 0 Å². The van der Waals surface area contributed by atoms with Gasteiger partial charge in [-0.15, -0.1) is 15.8 Å². The predicted molar refractivity (Wildman–Crippen MR) is 122 cm³/mol. The summed E-state index contributed by atoms with van der Waals surface area (Å²) in [5.41, 5.74) is 8.63. The van der Waals surface area contributed by atoms with Gasteiger partial charge in [-0.3, -0.25) is 14.5 Å². The number of aryl methyl sites for hydroxylation is 2. The molecule has 31 heavy (non-hydrogen) atoms. The van der Waals surface area contributed by atoms with E-state index in [9.17, 15) is 14.6 Å². The van der Waals surface area contributed by atoms with Gasteiger partial charge in [-0.05, 0) is 64.8 Å². The second-order valence-corrected chi connectivity index (χ2v) is 8.86. The Morgan fingerprint density at radius 1 is 1.10 bits per heavy atom. The molecule has 3 heterocycles. The number of benzene rings is 1. The Labute approximate surface area is 182 Å². The number of anilines is 1. The molecule has 0 saturated carbocycles. The number of fused-ring (bicyclic) bond motifs is 1. The van der Waals surface area contributed by atoms with E-state index in [0.29, 0.717) is 16.8 Å². The summed E-state index contributed by atoms with van der Waals surface area (Å²) < 4.78 is 15.2. The highest BCUT2D eigenvalue weighted by molar-refractivity contribution is 7.17. The van der Waals surface area contributed by atoms with E-state index in [1.165, 1.54) is 6.20 Å². The number of nitrogens with one attached hydrogen (secondary N) is 1. The van der Waals surface area contributed by atoms with Crippen LogP contribution in [0.3, 0.4) is 0 Å². The Morgan fingerprint density at radius 3 is 2.45 bits per heavy atom. The number of nitrogens with zero attached hydrogens (tertiary/aromatic N) is 4. The standard InChI is InChI=1S/C22H22FN5O2S/c1-10-11(2)18(13(4)20(12(10)3)28(29)30)19-21(16-7-8-24-17(9-16)26-23)27-14(5)15(6)31-22(27)25-19/h7-9H,1-6H3,(H,24,26). The van der Waals surface area contributed by atoms with Crippen LogP contribution < -0.4 is 5.54 Å². The fourth-order valence-corrected chi connectivity index (χ4v) is 5.14. The van der Waals surface area contributed by atoms with Crippen molar-refractivity contribution in [1.82, 2.24) is 14.4 Å².